The van der Waals surface area contributed by atoms with E-state index in [1.54, 1.807) is 17.3 Å². The third kappa shape index (κ3) is 5.16. The molecule has 0 saturated heterocycles. The summed E-state index contributed by atoms with van der Waals surface area (Å²) in [6.07, 6.45) is 24.2. The van der Waals surface area contributed by atoms with Gasteiger partial charge in [0.2, 0.25) is 0 Å². The Labute approximate surface area is 227 Å². The zero-order chi connectivity index (χ0) is 25.5. The van der Waals surface area contributed by atoms with Crippen molar-refractivity contribution in [2.45, 2.75) is 143 Å². The van der Waals surface area contributed by atoms with Crippen LogP contribution in [0.1, 0.15) is 137 Å². The van der Waals surface area contributed by atoms with Gasteiger partial charge >= 0.3 is 0 Å². The van der Waals surface area contributed by atoms with Gasteiger partial charge in [0, 0.05) is 11.2 Å². The predicted octanol–water partition coefficient (Wildman–Crippen LogP) is 10.2. The smallest absolute Gasteiger partial charge is 0.192 e. The topological polar surface area (TPSA) is 17.1 Å². The molecular weight excluding hydrogens is 456 g/mol. The zero-order valence-corrected chi connectivity index (χ0v) is 25.1. The number of carbonyl (C=O) groups is 1. The summed E-state index contributed by atoms with van der Waals surface area (Å²) in [6.45, 7) is 12.7. The van der Waals surface area contributed by atoms with E-state index in [-0.39, 0.29) is 0 Å². The highest BCUT2D eigenvalue weighted by Gasteiger charge is 2.59. The highest BCUT2D eigenvalue weighted by molar-refractivity contribution is 8.14. The minimum absolute atomic E-state index is 0.362. The Morgan fingerprint density at radius 3 is 2.47 bits per heavy atom. The second-order valence-corrected chi connectivity index (χ2v) is 16.2. The lowest BCUT2D eigenvalue weighted by molar-refractivity contribution is -0.115. The van der Waals surface area contributed by atoms with Crippen molar-refractivity contribution in [3.8, 4) is 0 Å². The van der Waals surface area contributed by atoms with Crippen LogP contribution in [-0.4, -0.2) is 10.4 Å². The number of allylic oxidation sites excluding steroid dienone is 2. The molecule has 5 rings (SSSR count). The van der Waals surface area contributed by atoms with Crippen molar-refractivity contribution in [2.24, 2.45) is 52.3 Å². The Kier molecular flexibility index (Phi) is 8.42. The third-order valence-electron chi connectivity index (χ3n) is 12.5. The van der Waals surface area contributed by atoms with Crippen LogP contribution in [0.2, 0.25) is 0 Å². The molecule has 0 aromatic heterocycles. The van der Waals surface area contributed by atoms with Gasteiger partial charge in [-0.2, -0.15) is 0 Å². The van der Waals surface area contributed by atoms with Crippen molar-refractivity contribution in [1.82, 2.24) is 0 Å². The Hall–Kier alpha value is -0.240. The number of hydrogen-bond acceptors (Lipinski definition) is 2. The first kappa shape index (κ1) is 27.3. The summed E-state index contributed by atoms with van der Waals surface area (Å²) in [4.78, 5) is 13.0. The fourth-order valence-corrected chi connectivity index (χ4v) is 11.6. The largest absolute Gasteiger partial charge is 0.287 e. The molecule has 0 bridgehead atoms. The molecule has 0 aromatic rings. The lowest BCUT2D eigenvalue weighted by Crippen LogP contribution is -2.50. The summed E-state index contributed by atoms with van der Waals surface area (Å²) < 4.78 is 0. The Balaban J connectivity index is 1.23. The third-order valence-corrected chi connectivity index (χ3v) is 13.8. The van der Waals surface area contributed by atoms with E-state index < -0.39 is 0 Å². The Morgan fingerprint density at radius 1 is 0.944 bits per heavy atom. The van der Waals surface area contributed by atoms with Crippen molar-refractivity contribution in [3.05, 3.63) is 11.6 Å². The van der Waals surface area contributed by atoms with Gasteiger partial charge in [0.15, 0.2) is 5.12 Å². The predicted molar refractivity (Wildman–Crippen MR) is 156 cm³/mol. The highest BCUT2D eigenvalue weighted by Crippen LogP contribution is 2.67. The molecule has 0 N–H and O–H groups in total. The van der Waals surface area contributed by atoms with Gasteiger partial charge in [-0.1, -0.05) is 96.6 Å². The van der Waals surface area contributed by atoms with Gasteiger partial charge in [-0.05, 0) is 111 Å². The van der Waals surface area contributed by atoms with Crippen LogP contribution >= 0.6 is 11.8 Å². The van der Waals surface area contributed by atoms with E-state index in [4.69, 9.17) is 0 Å². The van der Waals surface area contributed by atoms with Crippen molar-refractivity contribution >= 4 is 16.9 Å². The molecule has 2 heteroatoms. The van der Waals surface area contributed by atoms with Crippen LogP contribution < -0.4 is 0 Å². The van der Waals surface area contributed by atoms with E-state index in [0.29, 0.717) is 27.1 Å². The molecule has 0 unspecified atom stereocenters. The van der Waals surface area contributed by atoms with Crippen LogP contribution in [0, 0.1) is 52.3 Å². The number of thioether (sulfide) groups is 1. The van der Waals surface area contributed by atoms with Gasteiger partial charge in [0.05, 0.1) is 0 Å². The lowest BCUT2D eigenvalue weighted by Gasteiger charge is -2.58. The van der Waals surface area contributed by atoms with Crippen LogP contribution in [0.4, 0.5) is 0 Å². The SMILES string of the molecule is CC(C)CCC[C@@H](C)[C@@H]1CC[C@@H]2[C@H]3CC=C4C[C@@H](SC(=O)C5CCCCC5)CC[C@]4(C)[C@@H]3CC[C@@]21C. The van der Waals surface area contributed by atoms with Gasteiger partial charge in [0.25, 0.3) is 0 Å². The number of hydrogen-bond donors (Lipinski definition) is 0. The van der Waals surface area contributed by atoms with E-state index in [1.165, 1.54) is 89.9 Å². The number of fused-ring (bicyclic) bond motifs is 5. The van der Waals surface area contributed by atoms with Gasteiger partial charge in [-0.25, -0.2) is 0 Å². The lowest BCUT2D eigenvalue weighted by atomic mass is 9.47. The van der Waals surface area contributed by atoms with Crippen LogP contribution in [0.15, 0.2) is 11.6 Å². The molecule has 204 valence electrons. The van der Waals surface area contributed by atoms with Crippen LogP contribution in [-0.2, 0) is 4.79 Å². The average Bonchev–Trinajstić information content (AvgIpc) is 3.22. The highest BCUT2D eigenvalue weighted by atomic mass is 32.2. The van der Waals surface area contributed by atoms with Crippen molar-refractivity contribution in [3.63, 3.8) is 0 Å². The standard InChI is InChI=1S/C34H56OS/c1-23(2)10-9-11-24(3)29-16-17-30-28-15-14-26-22-27(36-32(35)25-12-7-6-8-13-25)18-20-33(26,4)31(28)19-21-34(29,30)5/h14,23-25,27-31H,6-13,15-22H2,1-5H3/t24-,27+,28-,29+,30-,31-,33+,34-/m1/s1. The molecular formula is C34H56OS. The first-order valence-electron chi connectivity index (χ1n) is 16.1. The fourth-order valence-electron chi connectivity index (χ4n) is 10.4. The molecule has 36 heavy (non-hydrogen) atoms. The second kappa shape index (κ2) is 11.1. The number of rotatable bonds is 7. The molecule has 0 heterocycles. The first-order chi connectivity index (χ1) is 17.2. The van der Waals surface area contributed by atoms with Gasteiger partial charge in [0.1, 0.15) is 0 Å². The summed E-state index contributed by atoms with van der Waals surface area (Å²) in [5.74, 6) is 5.82. The molecule has 0 aliphatic heterocycles. The Morgan fingerprint density at radius 2 is 1.72 bits per heavy atom. The minimum atomic E-state index is 0.362. The minimum Gasteiger partial charge on any atom is -0.287 e. The molecule has 5 aliphatic rings. The van der Waals surface area contributed by atoms with Gasteiger partial charge in [-0.3, -0.25) is 4.79 Å². The molecule has 0 amide bonds. The summed E-state index contributed by atoms with van der Waals surface area (Å²) >= 11 is 1.76. The second-order valence-electron chi connectivity index (χ2n) is 14.9. The normalized spacial score (nSPS) is 41.8. The zero-order valence-electron chi connectivity index (χ0n) is 24.3. The number of carbonyl (C=O) groups excluding carboxylic acids is 1. The Bertz CT molecular complexity index is 808. The monoisotopic (exact) mass is 512 g/mol. The maximum atomic E-state index is 13.0. The molecule has 0 aromatic carbocycles. The maximum Gasteiger partial charge on any atom is 0.192 e. The summed E-state index contributed by atoms with van der Waals surface area (Å²) in [6, 6.07) is 0. The van der Waals surface area contributed by atoms with E-state index in [9.17, 15) is 4.79 Å². The van der Waals surface area contributed by atoms with Crippen molar-refractivity contribution < 1.29 is 4.79 Å². The first-order valence-corrected chi connectivity index (χ1v) is 17.0. The van der Waals surface area contributed by atoms with Gasteiger partial charge < -0.3 is 0 Å². The molecule has 0 radical (unpaired) electrons. The van der Waals surface area contributed by atoms with E-state index in [1.807, 2.05) is 0 Å². The molecule has 4 saturated carbocycles. The van der Waals surface area contributed by atoms with Crippen LogP contribution in [0.3, 0.4) is 0 Å². The fraction of sp³-hybridized carbons (Fsp3) is 0.912. The van der Waals surface area contributed by atoms with E-state index in [2.05, 4.69) is 40.7 Å². The van der Waals surface area contributed by atoms with Gasteiger partial charge in [-0.15, -0.1) is 0 Å². The van der Waals surface area contributed by atoms with E-state index >= 15 is 0 Å². The summed E-state index contributed by atoms with van der Waals surface area (Å²) in [5, 5.41) is 1.08. The summed E-state index contributed by atoms with van der Waals surface area (Å²) in [7, 11) is 0. The van der Waals surface area contributed by atoms with Crippen LogP contribution in [0.25, 0.3) is 0 Å². The van der Waals surface area contributed by atoms with Crippen molar-refractivity contribution in [2.75, 3.05) is 0 Å². The molecule has 4 fully saturated rings. The molecule has 0 spiro atoms. The van der Waals surface area contributed by atoms with Crippen LogP contribution in [0.5, 0.6) is 0 Å². The van der Waals surface area contributed by atoms with Crippen molar-refractivity contribution in [1.29, 1.82) is 0 Å². The maximum absolute atomic E-state index is 13.0. The quantitative estimate of drug-likeness (QED) is 0.316. The molecule has 1 nitrogen and oxygen atoms in total. The molecule has 8 atom stereocenters. The summed E-state index contributed by atoms with van der Waals surface area (Å²) in [5.41, 5.74) is 2.75. The van der Waals surface area contributed by atoms with E-state index in [0.717, 1.165) is 48.3 Å². The average molecular weight is 513 g/mol. The molecule has 5 aliphatic carbocycles.